The Morgan fingerprint density at radius 1 is 1.19 bits per heavy atom. The van der Waals surface area contributed by atoms with Crippen LogP contribution in [0.5, 0.6) is 17.2 Å². The van der Waals surface area contributed by atoms with E-state index in [4.69, 9.17) is 14.2 Å². The number of fused-ring (bicyclic) bond motifs is 1. The first-order valence-corrected chi connectivity index (χ1v) is 8.73. The number of benzene rings is 2. The van der Waals surface area contributed by atoms with Gasteiger partial charge in [0, 0.05) is 12.6 Å². The largest absolute Gasteiger partial charge is 0.497 e. The van der Waals surface area contributed by atoms with Crippen LogP contribution in [0.2, 0.25) is 0 Å². The molecule has 0 bridgehead atoms. The predicted octanol–water partition coefficient (Wildman–Crippen LogP) is 2.86. The Morgan fingerprint density at radius 3 is 2.63 bits per heavy atom. The second kappa shape index (κ2) is 8.60. The van der Waals surface area contributed by atoms with Gasteiger partial charge in [-0.25, -0.2) is 0 Å². The van der Waals surface area contributed by atoms with E-state index in [2.05, 4.69) is 10.2 Å². The van der Waals surface area contributed by atoms with E-state index >= 15 is 0 Å². The van der Waals surface area contributed by atoms with Gasteiger partial charge in [-0.15, -0.1) is 0 Å². The fourth-order valence-electron chi connectivity index (χ4n) is 2.87. The lowest BCUT2D eigenvalue weighted by atomic mass is 10.1. The van der Waals surface area contributed by atoms with Crippen LogP contribution in [0, 0.1) is 0 Å². The highest BCUT2D eigenvalue weighted by Crippen LogP contribution is 2.32. The van der Waals surface area contributed by atoms with Crippen molar-refractivity contribution < 1.29 is 19.0 Å². The molecule has 2 aromatic rings. The summed E-state index contributed by atoms with van der Waals surface area (Å²) in [4.78, 5) is 14.3. The van der Waals surface area contributed by atoms with Gasteiger partial charge in [0.05, 0.1) is 13.2 Å². The SMILES string of the molecule is COc1ccc(C(CNC(=O)C=Cc2ccc3c(c2)OCO3)N(C)C)cc1. The Kier molecular flexibility index (Phi) is 5.98. The summed E-state index contributed by atoms with van der Waals surface area (Å²) in [6.07, 6.45) is 3.29. The Morgan fingerprint density at radius 2 is 1.93 bits per heavy atom. The number of amides is 1. The molecule has 27 heavy (non-hydrogen) atoms. The molecule has 1 atom stereocenters. The van der Waals surface area contributed by atoms with Gasteiger partial charge >= 0.3 is 0 Å². The molecule has 0 aromatic heterocycles. The summed E-state index contributed by atoms with van der Waals surface area (Å²) in [5, 5.41) is 2.96. The zero-order chi connectivity index (χ0) is 19.2. The number of carbonyl (C=O) groups is 1. The Bertz CT molecular complexity index is 815. The van der Waals surface area contributed by atoms with E-state index in [1.807, 2.05) is 56.6 Å². The number of carbonyl (C=O) groups excluding carboxylic acids is 1. The molecule has 0 saturated heterocycles. The lowest BCUT2D eigenvalue weighted by Gasteiger charge is -2.25. The number of ether oxygens (including phenoxy) is 3. The maximum absolute atomic E-state index is 12.2. The zero-order valence-electron chi connectivity index (χ0n) is 15.8. The average molecular weight is 368 g/mol. The molecule has 2 aromatic carbocycles. The highest BCUT2D eigenvalue weighted by molar-refractivity contribution is 5.91. The van der Waals surface area contributed by atoms with Gasteiger partial charge in [-0.1, -0.05) is 18.2 Å². The molecule has 0 radical (unpaired) electrons. The standard InChI is InChI=1S/C21H24N2O4/c1-23(2)18(16-6-8-17(25-3)9-7-16)13-22-21(24)11-5-15-4-10-19-20(12-15)27-14-26-19/h4-12,18H,13-14H2,1-3H3,(H,22,24). The van der Waals surface area contributed by atoms with Gasteiger partial charge in [-0.05, 0) is 55.6 Å². The van der Waals surface area contributed by atoms with E-state index in [1.165, 1.54) is 6.08 Å². The fourth-order valence-corrected chi connectivity index (χ4v) is 2.87. The average Bonchev–Trinajstić information content (AvgIpc) is 3.14. The van der Waals surface area contributed by atoms with Crippen LogP contribution in [0.15, 0.2) is 48.5 Å². The van der Waals surface area contributed by atoms with E-state index in [0.717, 1.165) is 22.6 Å². The number of rotatable bonds is 7. The summed E-state index contributed by atoms with van der Waals surface area (Å²) in [5.41, 5.74) is 1.99. The van der Waals surface area contributed by atoms with Crippen molar-refractivity contribution in [2.45, 2.75) is 6.04 Å². The Hall–Kier alpha value is -2.99. The quantitative estimate of drug-likeness (QED) is 0.762. The number of hydrogen-bond donors (Lipinski definition) is 1. The third-order valence-corrected chi connectivity index (χ3v) is 4.42. The van der Waals surface area contributed by atoms with Gasteiger partial charge in [-0.2, -0.15) is 0 Å². The molecule has 142 valence electrons. The van der Waals surface area contributed by atoms with Crippen LogP contribution in [0.1, 0.15) is 17.2 Å². The lowest BCUT2D eigenvalue weighted by molar-refractivity contribution is -0.116. The minimum absolute atomic E-state index is 0.0683. The first kappa shape index (κ1) is 18.8. The van der Waals surface area contributed by atoms with Crippen molar-refractivity contribution in [2.75, 3.05) is 34.5 Å². The maximum Gasteiger partial charge on any atom is 0.244 e. The summed E-state index contributed by atoms with van der Waals surface area (Å²) in [5.74, 6) is 2.09. The minimum atomic E-state index is -0.145. The van der Waals surface area contributed by atoms with Gasteiger partial charge in [0.1, 0.15) is 5.75 Å². The fraction of sp³-hybridized carbons (Fsp3) is 0.286. The van der Waals surface area contributed by atoms with Crippen LogP contribution in [-0.2, 0) is 4.79 Å². The topological polar surface area (TPSA) is 60.0 Å². The molecule has 1 aliphatic heterocycles. The minimum Gasteiger partial charge on any atom is -0.497 e. The molecule has 0 aliphatic carbocycles. The van der Waals surface area contributed by atoms with Gasteiger partial charge in [0.15, 0.2) is 11.5 Å². The Balaban J connectivity index is 1.58. The van der Waals surface area contributed by atoms with Gasteiger partial charge in [0.2, 0.25) is 12.7 Å². The predicted molar refractivity (Wildman–Crippen MR) is 104 cm³/mol. The molecule has 1 N–H and O–H groups in total. The number of likely N-dealkylation sites (N-methyl/N-ethyl adjacent to an activating group) is 1. The first-order valence-electron chi connectivity index (χ1n) is 8.73. The number of nitrogens with zero attached hydrogens (tertiary/aromatic N) is 1. The molecule has 3 rings (SSSR count). The highest BCUT2D eigenvalue weighted by Gasteiger charge is 2.15. The summed E-state index contributed by atoms with van der Waals surface area (Å²) in [7, 11) is 5.62. The molecule has 6 nitrogen and oxygen atoms in total. The molecule has 1 aliphatic rings. The number of methoxy groups -OCH3 is 1. The molecular weight excluding hydrogens is 344 g/mol. The molecule has 1 heterocycles. The highest BCUT2D eigenvalue weighted by atomic mass is 16.7. The third kappa shape index (κ3) is 4.80. The monoisotopic (exact) mass is 368 g/mol. The van der Waals surface area contributed by atoms with Crippen molar-refractivity contribution in [3.63, 3.8) is 0 Å². The van der Waals surface area contributed by atoms with Crippen LogP contribution in [0.3, 0.4) is 0 Å². The molecule has 0 saturated carbocycles. The van der Waals surface area contributed by atoms with Crippen LogP contribution in [-0.4, -0.2) is 45.3 Å². The van der Waals surface area contributed by atoms with E-state index in [0.29, 0.717) is 12.3 Å². The van der Waals surface area contributed by atoms with Crippen LogP contribution >= 0.6 is 0 Å². The summed E-state index contributed by atoms with van der Waals surface area (Å²) in [6, 6.07) is 13.5. The van der Waals surface area contributed by atoms with E-state index in [1.54, 1.807) is 13.2 Å². The molecule has 6 heteroatoms. The molecular formula is C21H24N2O4. The van der Waals surface area contributed by atoms with E-state index in [9.17, 15) is 4.79 Å². The third-order valence-electron chi connectivity index (χ3n) is 4.42. The van der Waals surface area contributed by atoms with Crippen molar-refractivity contribution in [3.05, 3.63) is 59.7 Å². The summed E-state index contributed by atoms with van der Waals surface area (Å²) >= 11 is 0. The zero-order valence-corrected chi connectivity index (χ0v) is 15.8. The number of hydrogen-bond acceptors (Lipinski definition) is 5. The van der Waals surface area contributed by atoms with Gasteiger partial charge in [0.25, 0.3) is 0 Å². The molecule has 0 spiro atoms. The summed E-state index contributed by atoms with van der Waals surface area (Å²) in [6.45, 7) is 0.740. The Labute approximate surface area is 159 Å². The molecule has 0 fully saturated rings. The molecule has 1 amide bonds. The van der Waals surface area contributed by atoms with Crippen molar-refractivity contribution >= 4 is 12.0 Å². The van der Waals surface area contributed by atoms with E-state index in [-0.39, 0.29) is 18.7 Å². The van der Waals surface area contributed by atoms with Crippen molar-refractivity contribution in [3.8, 4) is 17.2 Å². The first-order chi connectivity index (χ1) is 13.1. The van der Waals surface area contributed by atoms with Crippen LogP contribution in [0.4, 0.5) is 0 Å². The van der Waals surface area contributed by atoms with Gasteiger partial charge in [-0.3, -0.25) is 4.79 Å². The van der Waals surface area contributed by atoms with Gasteiger partial charge < -0.3 is 24.4 Å². The summed E-state index contributed by atoms with van der Waals surface area (Å²) < 4.78 is 15.8. The lowest BCUT2D eigenvalue weighted by Crippen LogP contribution is -2.33. The normalized spacial score (nSPS) is 13.8. The second-order valence-electron chi connectivity index (χ2n) is 6.44. The smallest absolute Gasteiger partial charge is 0.244 e. The number of nitrogens with one attached hydrogen (secondary N) is 1. The van der Waals surface area contributed by atoms with Crippen molar-refractivity contribution in [1.82, 2.24) is 10.2 Å². The van der Waals surface area contributed by atoms with Crippen LogP contribution in [0.25, 0.3) is 6.08 Å². The van der Waals surface area contributed by atoms with Crippen molar-refractivity contribution in [2.24, 2.45) is 0 Å². The molecule has 1 unspecified atom stereocenters. The second-order valence-corrected chi connectivity index (χ2v) is 6.44. The van der Waals surface area contributed by atoms with Crippen LogP contribution < -0.4 is 19.5 Å². The van der Waals surface area contributed by atoms with Crippen molar-refractivity contribution in [1.29, 1.82) is 0 Å². The van der Waals surface area contributed by atoms with E-state index < -0.39 is 0 Å². The maximum atomic E-state index is 12.2.